The third-order valence-corrected chi connectivity index (χ3v) is 3.60. The molecule has 106 valence electrons. The molecule has 0 atom stereocenters. The molecule has 0 aromatic carbocycles. The summed E-state index contributed by atoms with van der Waals surface area (Å²) in [7, 11) is 0. The minimum atomic E-state index is -0.0204. The number of hydrogen-bond donors (Lipinski definition) is 3. The monoisotopic (exact) mass is 290 g/mol. The Bertz CT molecular complexity index is 569. The van der Waals surface area contributed by atoms with Gasteiger partial charge in [0.25, 0.3) is 5.91 Å². The Morgan fingerprint density at radius 1 is 1.45 bits per heavy atom. The van der Waals surface area contributed by atoms with Crippen LogP contribution < -0.4 is 16.4 Å². The fourth-order valence-electron chi connectivity index (χ4n) is 1.73. The van der Waals surface area contributed by atoms with Crippen LogP contribution in [0.2, 0.25) is 0 Å². The van der Waals surface area contributed by atoms with E-state index in [1.165, 1.54) is 11.3 Å². The Balaban J connectivity index is 1.68. The lowest BCUT2D eigenvalue weighted by Gasteiger charge is -2.09. The van der Waals surface area contributed by atoms with Crippen molar-refractivity contribution < 1.29 is 4.79 Å². The molecule has 0 radical (unpaired) electrons. The second kappa shape index (κ2) is 6.91. The molecule has 2 heterocycles. The smallest absolute Gasteiger partial charge is 0.261 e. The van der Waals surface area contributed by atoms with E-state index in [2.05, 4.69) is 15.6 Å². The molecule has 1 amide bonds. The van der Waals surface area contributed by atoms with Crippen LogP contribution in [0, 0.1) is 6.92 Å². The van der Waals surface area contributed by atoms with E-state index in [0.29, 0.717) is 24.6 Å². The van der Waals surface area contributed by atoms with Gasteiger partial charge in [-0.25, -0.2) is 4.98 Å². The van der Waals surface area contributed by atoms with Crippen LogP contribution in [0.15, 0.2) is 29.8 Å². The van der Waals surface area contributed by atoms with Crippen molar-refractivity contribution in [3.63, 3.8) is 0 Å². The molecule has 4 N–H and O–H groups in total. The third kappa shape index (κ3) is 3.96. The lowest BCUT2D eigenvalue weighted by molar-refractivity contribution is 0.0957. The number of anilines is 2. The lowest BCUT2D eigenvalue weighted by atomic mass is 10.3. The van der Waals surface area contributed by atoms with Gasteiger partial charge in [0.1, 0.15) is 5.82 Å². The highest BCUT2D eigenvalue weighted by Gasteiger charge is 2.05. The first kappa shape index (κ1) is 14.3. The van der Waals surface area contributed by atoms with Crippen molar-refractivity contribution in [2.24, 2.45) is 0 Å². The van der Waals surface area contributed by atoms with Gasteiger partial charge in [0.15, 0.2) is 0 Å². The Morgan fingerprint density at radius 3 is 3.00 bits per heavy atom. The van der Waals surface area contributed by atoms with Crippen LogP contribution in [0.4, 0.5) is 11.5 Å². The molecule has 2 aromatic heterocycles. The average Bonchev–Trinajstić information content (AvgIpc) is 2.94. The number of amides is 1. The zero-order valence-corrected chi connectivity index (χ0v) is 12.2. The van der Waals surface area contributed by atoms with E-state index < -0.39 is 0 Å². The molecule has 0 aliphatic rings. The number of hydrogen-bond acceptors (Lipinski definition) is 5. The van der Waals surface area contributed by atoms with Crippen molar-refractivity contribution in [2.75, 3.05) is 24.1 Å². The van der Waals surface area contributed by atoms with Gasteiger partial charge in [-0.1, -0.05) is 6.07 Å². The Hall–Kier alpha value is -2.08. The number of aryl methyl sites for hydroxylation is 1. The molecular formula is C14H18N4OS. The number of nitrogens with two attached hydrogens (primary N) is 1. The highest BCUT2D eigenvalue weighted by Crippen LogP contribution is 2.15. The summed E-state index contributed by atoms with van der Waals surface area (Å²) in [5.74, 6) is 0.674. The summed E-state index contributed by atoms with van der Waals surface area (Å²) in [6, 6.07) is 5.57. The van der Waals surface area contributed by atoms with Gasteiger partial charge in [-0.2, -0.15) is 0 Å². The van der Waals surface area contributed by atoms with Gasteiger partial charge < -0.3 is 16.4 Å². The summed E-state index contributed by atoms with van der Waals surface area (Å²) in [4.78, 5) is 16.6. The molecule has 2 aromatic rings. The zero-order chi connectivity index (χ0) is 14.4. The molecular weight excluding hydrogens is 272 g/mol. The molecule has 0 aliphatic heterocycles. The number of rotatable bonds is 6. The number of carbonyl (C=O) groups excluding carboxylic acids is 1. The second-order valence-electron chi connectivity index (χ2n) is 4.46. The molecule has 0 saturated carbocycles. The standard InChI is InChI=1S/C14H18N4OS/c1-10-8-11(15)13(18-9-10)16-5-3-6-17-14(19)12-4-2-7-20-12/h2,4,7-9H,3,5-6,15H2,1H3,(H,16,18)(H,17,19). The number of nitrogens with zero attached hydrogens (tertiary/aromatic N) is 1. The predicted octanol–water partition coefficient (Wildman–Crippen LogP) is 2.27. The van der Waals surface area contributed by atoms with Crippen LogP contribution in [0.5, 0.6) is 0 Å². The summed E-state index contributed by atoms with van der Waals surface area (Å²) >= 11 is 1.44. The molecule has 5 nitrogen and oxygen atoms in total. The molecule has 0 saturated heterocycles. The van der Waals surface area contributed by atoms with Gasteiger partial charge in [-0.05, 0) is 36.4 Å². The van der Waals surface area contributed by atoms with Crippen LogP contribution in [0.3, 0.4) is 0 Å². The summed E-state index contributed by atoms with van der Waals surface area (Å²) in [5, 5.41) is 7.93. The second-order valence-corrected chi connectivity index (χ2v) is 5.41. The van der Waals surface area contributed by atoms with Gasteiger partial charge in [-0.3, -0.25) is 4.79 Å². The minimum Gasteiger partial charge on any atom is -0.396 e. The zero-order valence-electron chi connectivity index (χ0n) is 11.3. The van der Waals surface area contributed by atoms with E-state index in [0.717, 1.165) is 16.9 Å². The first-order valence-corrected chi connectivity index (χ1v) is 7.32. The summed E-state index contributed by atoms with van der Waals surface area (Å²) in [6.45, 7) is 3.29. The molecule has 6 heteroatoms. The summed E-state index contributed by atoms with van der Waals surface area (Å²) in [5.41, 5.74) is 7.54. The molecule has 0 aliphatic carbocycles. The van der Waals surface area contributed by atoms with Crippen molar-refractivity contribution in [2.45, 2.75) is 13.3 Å². The van der Waals surface area contributed by atoms with Gasteiger partial charge in [0.2, 0.25) is 0 Å². The Morgan fingerprint density at radius 2 is 2.30 bits per heavy atom. The van der Waals surface area contributed by atoms with E-state index in [1.54, 1.807) is 6.20 Å². The van der Waals surface area contributed by atoms with Gasteiger partial charge >= 0.3 is 0 Å². The van der Waals surface area contributed by atoms with Crippen LogP contribution >= 0.6 is 11.3 Å². The number of aromatic nitrogens is 1. The number of carbonyl (C=O) groups is 1. The number of thiophene rings is 1. The van der Waals surface area contributed by atoms with E-state index in [1.807, 2.05) is 30.5 Å². The highest BCUT2D eigenvalue weighted by atomic mass is 32.1. The van der Waals surface area contributed by atoms with E-state index in [-0.39, 0.29) is 5.91 Å². The molecule has 0 spiro atoms. The van der Waals surface area contributed by atoms with Crippen LogP contribution in [-0.2, 0) is 0 Å². The van der Waals surface area contributed by atoms with Crippen LogP contribution in [0.1, 0.15) is 21.7 Å². The van der Waals surface area contributed by atoms with Crippen molar-refractivity contribution in [3.8, 4) is 0 Å². The highest BCUT2D eigenvalue weighted by molar-refractivity contribution is 7.12. The van der Waals surface area contributed by atoms with Crippen LogP contribution in [0.25, 0.3) is 0 Å². The first-order valence-electron chi connectivity index (χ1n) is 6.44. The lowest BCUT2D eigenvalue weighted by Crippen LogP contribution is -2.25. The van der Waals surface area contributed by atoms with E-state index in [9.17, 15) is 4.79 Å². The van der Waals surface area contributed by atoms with Gasteiger partial charge in [0.05, 0.1) is 10.6 Å². The number of pyridine rings is 1. The molecule has 20 heavy (non-hydrogen) atoms. The van der Waals surface area contributed by atoms with Crippen molar-refractivity contribution in [3.05, 3.63) is 40.2 Å². The molecule has 0 fully saturated rings. The fourth-order valence-corrected chi connectivity index (χ4v) is 2.37. The minimum absolute atomic E-state index is 0.0204. The quantitative estimate of drug-likeness (QED) is 0.713. The van der Waals surface area contributed by atoms with Crippen LogP contribution in [-0.4, -0.2) is 24.0 Å². The maximum atomic E-state index is 11.7. The number of nitrogen functional groups attached to an aromatic ring is 1. The third-order valence-electron chi connectivity index (χ3n) is 2.73. The topological polar surface area (TPSA) is 80.0 Å². The maximum Gasteiger partial charge on any atom is 0.261 e. The SMILES string of the molecule is Cc1cnc(NCCCNC(=O)c2cccs2)c(N)c1. The van der Waals surface area contributed by atoms with E-state index in [4.69, 9.17) is 5.73 Å². The molecule has 0 unspecified atom stereocenters. The van der Waals surface area contributed by atoms with Crippen molar-refractivity contribution >= 4 is 28.7 Å². The van der Waals surface area contributed by atoms with Crippen molar-refractivity contribution in [1.82, 2.24) is 10.3 Å². The number of nitrogens with one attached hydrogen (secondary N) is 2. The summed E-state index contributed by atoms with van der Waals surface area (Å²) < 4.78 is 0. The normalized spacial score (nSPS) is 10.2. The predicted molar refractivity (Wildman–Crippen MR) is 83.1 cm³/mol. The molecule has 2 rings (SSSR count). The largest absolute Gasteiger partial charge is 0.396 e. The Labute approximate surface area is 122 Å². The maximum absolute atomic E-state index is 11.7. The fraction of sp³-hybridized carbons (Fsp3) is 0.286. The van der Waals surface area contributed by atoms with E-state index >= 15 is 0 Å². The van der Waals surface area contributed by atoms with Crippen molar-refractivity contribution in [1.29, 1.82) is 0 Å². The Kier molecular flexibility index (Phi) is 4.95. The van der Waals surface area contributed by atoms with Gasteiger partial charge in [-0.15, -0.1) is 11.3 Å². The van der Waals surface area contributed by atoms with Gasteiger partial charge in [0, 0.05) is 19.3 Å². The average molecular weight is 290 g/mol. The first-order chi connectivity index (χ1) is 9.66. The molecule has 0 bridgehead atoms. The summed E-state index contributed by atoms with van der Waals surface area (Å²) in [6.07, 6.45) is 2.59.